The zero-order chi connectivity index (χ0) is 22.8. The number of nitrogens with one attached hydrogen (secondary N) is 2. The molecular weight excluding hydrogens is 432 g/mol. The average molecular weight is 451 g/mol. The van der Waals surface area contributed by atoms with E-state index >= 15 is 0 Å². The van der Waals surface area contributed by atoms with Crippen molar-refractivity contribution in [2.24, 2.45) is 4.99 Å². The number of rotatable bonds is 5. The normalized spacial score (nSPS) is 13.7. The van der Waals surface area contributed by atoms with E-state index in [0.29, 0.717) is 29.4 Å². The highest BCUT2D eigenvalue weighted by Gasteiger charge is 2.18. The van der Waals surface area contributed by atoms with Crippen LogP contribution in [-0.2, 0) is 4.79 Å². The van der Waals surface area contributed by atoms with Crippen LogP contribution < -0.4 is 27.1 Å². The quantitative estimate of drug-likeness (QED) is 0.542. The molecule has 0 saturated carbocycles. The van der Waals surface area contributed by atoms with Gasteiger partial charge in [0.25, 0.3) is 5.56 Å². The van der Waals surface area contributed by atoms with E-state index in [4.69, 9.17) is 11.6 Å². The van der Waals surface area contributed by atoms with Crippen LogP contribution in [0.4, 0.5) is 0 Å². The first-order valence-electron chi connectivity index (χ1n) is 9.83. The summed E-state index contributed by atoms with van der Waals surface area (Å²) in [5.41, 5.74) is 0.00422. The minimum absolute atomic E-state index is 0.108. The van der Waals surface area contributed by atoms with Gasteiger partial charge >= 0.3 is 5.69 Å². The molecule has 32 heavy (non-hydrogen) atoms. The molecule has 9 heteroatoms. The summed E-state index contributed by atoms with van der Waals surface area (Å²) in [4.78, 5) is 43.1. The Morgan fingerprint density at radius 1 is 1.19 bits per heavy atom. The van der Waals surface area contributed by atoms with Gasteiger partial charge in [0.05, 0.1) is 16.7 Å². The third-order valence-corrected chi connectivity index (χ3v) is 5.27. The van der Waals surface area contributed by atoms with Gasteiger partial charge in [0.2, 0.25) is 11.8 Å². The molecule has 8 nitrogen and oxygen atoms in total. The van der Waals surface area contributed by atoms with Crippen molar-refractivity contribution >= 4 is 29.2 Å². The highest BCUT2D eigenvalue weighted by atomic mass is 35.5. The van der Waals surface area contributed by atoms with Crippen LogP contribution in [0.15, 0.2) is 68.8 Å². The van der Waals surface area contributed by atoms with E-state index in [-0.39, 0.29) is 11.5 Å². The molecule has 0 saturated heterocycles. The molecule has 0 atom stereocenters. The predicted molar refractivity (Wildman–Crippen MR) is 121 cm³/mol. The van der Waals surface area contributed by atoms with Crippen LogP contribution in [0.3, 0.4) is 0 Å². The third kappa shape index (κ3) is 4.13. The van der Waals surface area contributed by atoms with E-state index in [1.807, 2.05) is 24.3 Å². The number of H-pyrrole nitrogens is 1. The van der Waals surface area contributed by atoms with Crippen molar-refractivity contribution < 1.29 is 9.90 Å². The lowest BCUT2D eigenvalue weighted by Crippen LogP contribution is -2.30. The summed E-state index contributed by atoms with van der Waals surface area (Å²) in [7, 11) is 0. The van der Waals surface area contributed by atoms with E-state index in [2.05, 4.69) is 15.3 Å². The summed E-state index contributed by atoms with van der Waals surface area (Å²) in [6, 6.07) is 13.7. The minimum atomic E-state index is -0.779. The zero-order valence-electron chi connectivity index (χ0n) is 17.1. The lowest BCUT2D eigenvalue weighted by atomic mass is 10.1. The molecule has 2 heterocycles. The Kier molecular flexibility index (Phi) is 5.79. The number of amides is 1. The van der Waals surface area contributed by atoms with Crippen molar-refractivity contribution in [2.75, 3.05) is 6.54 Å². The number of allylic oxidation sites excluding steroid dienone is 1. The maximum atomic E-state index is 12.6. The number of hydrogen-bond acceptors (Lipinski definition) is 5. The second-order valence-electron chi connectivity index (χ2n) is 7.18. The van der Waals surface area contributed by atoms with Gasteiger partial charge in [0, 0.05) is 23.7 Å². The summed E-state index contributed by atoms with van der Waals surface area (Å²) in [5, 5.41) is 15.7. The number of aromatic amines is 1. The lowest BCUT2D eigenvalue weighted by Gasteiger charge is -2.11. The first-order valence-corrected chi connectivity index (χ1v) is 10.2. The van der Waals surface area contributed by atoms with Gasteiger partial charge in [-0.2, -0.15) is 0 Å². The number of carbonyl (C=O) groups is 1. The van der Waals surface area contributed by atoms with Crippen LogP contribution in [0.2, 0.25) is 5.02 Å². The second-order valence-corrected chi connectivity index (χ2v) is 7.61. The number of aromatic nitrogens is 2. The highest BCUT2D eigenvalue weighted by Crippen LogP contribution is 2.24. The van der Waals surface area contributed by atoms with E-state index in [0.717, 1.165) is 20.7 Å². The number of nitrogens with zero attached hydrogens (tertiary/aromatic N) is 2. The molecule has 162 valence electrons. The van der Waals surface area contributed by atoms with Gasteiger partial charge in [0.15, 0.2) is 0 Å². The van der Waals surface area contributed by atoms with Gasteiger partial charge in [0.1, 0.15) is 5.56 Å². The number of benzene rings is 2. The van der Waals surface area contributed by atoms with Crippen molar-refractivity contribution in [3.63, 3.8) is 0 Å². The number of halogens is 1. The van der Waals surface area contributed by atoms with Gasteiger partial charge in [-0.15, -0.1) is 0 Å². The van der Waals surface area contributed by atoms with Gasteiger partial charge in [-0.25, -0.2) is 14.4 Å². The number of carbonyl (C=O) groups excluding carboxylic acids is 1. The molecule has 2 aromatic carbocycles. The van der Waals surface area contributed by atoms with E-state index in [9.17, 15) is 19.5 Å². The summed E-state index contributed by atoms with van der Waals surface area (Å²) in [6.07, 6.45) is 1.92. The predicted octanol–water partition coefficient (Wildman–Crippen LogP) is 1.24. The topological polar surface area (TPSA) is 117 Å². The molecule has 1 aliphatic rings. The van der Waals surface area contributed by atoms with Crippen LogP contribution in [0, 0.1) is 0 Å². The zero-order valence-corrected chi connectivity index (χ0v) is 17.8. The summed E-state index contributed by atoms with van der Waals surface area (Å²) < 4.78 is 0.989. The molecule has 0 aliphatic carbocycles. The molecule has 3 N–H and O–H groups in total. The van der Waals surface area contributed by atoms with Crippen molar-refractivity contribution in [1.29, 1.82) is 0 Å². The monoisotopic (exact) mass is 450 g/mol. The van der Waals surface area contributed by atoms with Crippen molar-refractivity contribution in [2.45, 2.75) is 13.3 Å². The van der Waals surface area contributed by atoms with Crippen LogP contribution in [0.5, 0.6) is 5.88 Å². The molecule has 4 rings (SSSR count). The van der Waals surface area contributed by atoms with Gasteiger partial charge in [-0.05, 0) is 48.4 Å². The molecule has 0 bridgehead atoms. The number of aromatic hydroxyl groups is 1. The van der Waals surface area contributed by atoms with Gasteiger partial charge in [-0.3, -0.25) is 14.6 Å². The third-order valence-electron chi connectivity index (χ3n) is 5.01. The maximum Gasteiger partial charge on any atom is 0.335 e. The van der Waals surface area contributed by atoms with Gasteiger partial charge < -0.3 is 10.4 Å². The smallest absolute Gasteiger partial charge is 0.335 e. The molecule has 3 aromatic rings. The van der Waals surface area contributed by atoms with Crippen LogP contribution in [0.25, 0.3) is 17.3 Å². The van der Waals surface area contributed by atoms with Crippen LogP contribution in [-0.4, -0.2) is 27.1 Å². The first-order chi connectivity index (χ1) is 15.3. The fourth-order valence-corrected chi connectivity index (χ4v) is 3.67. The van der Waals surface area contributed by atoms with E-state index in [1.165, 1.54) is 13.0 Å². The molecule has 1 aliphatic heterocycles. The Labute approximate surface area is 186 Å². The number of para-hydroxylation sites is 1. The Balaban J connectivity index is 1.86. The van der Waals surface area contributed by atoms with Crippen molar-refractivity contribution in [1.82, 2.24) is 14.9 Å². The molecule has 0 radical (unpaired) electrons. The summed E-state index contributed by atoms with van der Waals surface area (Å²) in [6.45, 7) is 1.82. The van der Waals surface area contributed by atoms with Crippen LogP contribution >= 0.6 is 11.6 Å². The minimum Gasteiger partial charge on any atom is -0.494 e. The number of fused-ring (bicyclic) bond motifs is 1. The Morgan fingerprint density at radius 3 is 2.62 bits per heavy atom. The Hall–Kier alpha value is -3.91. The fourth-order valence-electron chi connectivity index (χ4n) is 3.54. The van der Waals surface area contributed by atoms with E-state index < -0.39 is 17.1 Å². The summed E-state index contributed by atoms with van der Waals surface area (Å²) >= 11 is 5.91. The molecule has 1 amide bonds. The first kappa shape index (κ1) is 21.3. The lowest BCUT2D eigenvalue weighted by molar-refractivity contribution is -0.118. The Morgan fingerprint density at radius 2 is 1.91 bits per heavy atom. The van der Waals surface area contributed by atoms with Crippen LogP contribution in [0.1, 0.15) is 18.9 Å². The maximum absolute atomic E-state index is 12.6. The molecule has 1 aromatic heterocycles. The Bertz CT molecular complexity index is 1480. The van der Waals surface area contributed by atoms with E-state index in [1.54, 1.807) is 24.3 Å². The standard InChI is InChI=1S/C23H19ClN4O4/c1-13(29)25-11-10-17-16-4-2-3-5-19(16)26-20(17)12-18-21(30)27-23(32)28(22(18)31)15-8-6-14(24)7-9-15/h2-9,12,31H,10-11H2,1H3,(H,25,29)(H,27,30,32)/b20-12-. The van der Waals surface area contributed by atoms with Gasteiger partial charge in [-0.1, -0.05) is 29.8 Å². The van der Waals surface area contributed by atoms with Crippen molar-refractivity contribution in [3.8, 4) is 11.6 Å². The largest absolute Gasteiger partial charge is 0.494 e. The molecular formula is C23H19ClN4O4. The number of hydrogen-bond donors (Lipinski definition) is 3. The second kappa shape index (κ2) is 8.68. The highest BCUT2D eigenvalue weighted by molar-refractivity contribution is 6.30. The summed E-state index contributed by atoms with van der Waals surface area (Å²) in [5.74, 6) is -0.663. The van der Waals surface area contributed by atoms with Crippen molar-refractivity contribution in [3.05, 3.63) is 96.2 Å². The SMILES string of the molecule is CC(=O)NCCC1=c2ccccc2=N/C1=C\c1c(O)n(-c2ccc(Cl)cc2)c(=O)[nH]c1=O. The molecule has 0 unspecified atom stereocenters. The average Bonchev–Trinajstić information content (AvgIpc) is 3.09. The molecule has 0 fully saturated rings. The fraction of sp³-hybridized carbons (Fsp3) is 0.130. The molecule has 0 spiro atoms.